The first-order valence-corrected chi connectivity index (χ1v) is 8.06. The maximum atomic E-state index is 12.4. The summed E-state index contributed by atoms with van der Waals surface area (Å²) in [6, 6.07) is 7.00. The largest absolute Gasteiger partial charge is 0.461 e. The molecule has 0 bridgehead atoms. The molecule has 1 amide bonds. The fraction of sp³-hybridized carbons (Fsp3) is 0.353. The van der Waals surface area contributed by atoms with E-state index in [-0.39, 0.29) is 11.6 Å². The van der Waals surface area contributed by atoms with E-state index in [0.29, 0.717) is 23.3 Å². The van der Waals surface area contributed by atoms with Crippen LogP contribution in [-0.2, 0) is 7.05 Å². The topological polar surface area (TPSA) is 86.1 Å². The van der Waals surface area contributed by atoms with E-state index in [4.69, 9.17) is 8.94 Å². The summed E-state index contributed by atoms with van der Waals surface area (Å²) in [6.07, 6.45) is 6.37. The van der Waals surface area contributed by atoms with E-state index in [0.717, 1.165) is 5.69 Å². The van der Waals surface area contributed by atoms with E-state index < -0.39 is 0 Å². The molecule has 7 heteroatoms. The third-order valence-electron chi connectivity index (χ3n) is 4.42. The maximum Gasteiger partial charge on any atom is 0.279 e. The highest BCUT2D eigenvalue weighted by atomic mass is 16.5. The molecule has 3 aromatic rings. The summed E-state index contributed by atoms with van der Waals surface area (Å²) >= 11 is 0. The highest BCUT2D eigenvalue weighted by Crippen LogP contribution is 2.34. The minimum absolute atomic E-state index is 0.199. The first-order chi connectivity index (χ1) is 11.7. The van der Waals surface area contributed by atoms with Crippen molar-refractivity contribution in [1.29, 1.82) is 0 Å². The summed E-state index contributed by atoms with van der Waals surface area (Å²) in [5.41, 5.74) is 1.24. The van der Waals surface area contributed by atoms with E-state index in [1.54, 1.807) is 22.9 Å². The van der Waals surface area contributed by atoms with Gasteiger partial charge >= 0.3 is 0 Å². The smallest absolute Gasteiger partial charge is 0.279 e. The second-order valence-corrected chi connectivity index (χ2v) is 6.07. The Hall–Kier alpha value is -2.83. The number of anilines is 1. The first-order valence-electron chi connectivity index (χ1n) is 8.06. The number of hydrogen-bond acceptors (Lipinski definition) is 5. The molecule has 0 radical (unpaired) electrons. The highest BCUT2D eigenvalue weighted by molar-refractivity contribution is 6.02. The third-order valence-corrected chi connectivity index (χ3v) is 4.42. The van der Waals surface area contributed by atoms with Crippen molar-refractivity contribution in [3.05, 3.63) is 41.9 Å². The molecule has 124 valence electrons. The lowest BCUT2D eigenvalue weighted by molar-refractivity contribution is 0.101. The van der Waals surface area contributed by atoms with Crippen molar-refractivity contribution in [2.45, 2.75) is 31.6 Å². The zero-order valence-electron chi connectivity index (χ0n) is 13.4. The van der Waals surface area contributed by atoms with Crippen LogP contribution >= 0.6 is 0 Å². The molecule has 24 heavy (non-hydrogen) atoms. The number of rotatable bonds is 4. The molecule has 0 aromatic carbocycles. The van der Waals surface area contributed by atoms with Crippen LogP contribution in [0.5, 0.6) is 0 Å². The van der Waals surface area contributed by atoms with Crippen LogP contribution in [0.3, 0.4) is 0 Å². The summed E-state index contributed by atoms with van der Waals surface area (Å²) < 4.78 is 12.1. The number of aromatic nitrogens is 3. The maximum absolute atomic E-state index is 12.4. The summed E-state index contributed by atoms with van der Waals surface area (Å²) in [4.78, 5) is 12.4. The summed E-state index contributed by atoms with van der Waals surface area (Å²) in [7, 11) is 1.82. The Kier molecular flexibility index (Phi) is 3.68. The van der Waals surface area contributed by atoms with Gasteiger partial charge in [0.15, 0.2) is 11.5 Å². The molecule has 0 saturated heterocycles. The van der Waals surface area contributed by atoms with Gasteiger partial charge < -0.3 is 14.3 Å². The predicted octanol–water partition coefficient (Wildman–Crippen LogP) is 3.58. The van der Waals surface area contributed by atoms with Crippen molar-refractivity contribution in [2.75, 3.05) is 5.32 Å². The summed E-state index contributed by atoms with van der Waals surface area (Å²) in [5, 5.41) is 11.2. The van der Waals surface area contributed by atoms with Gasteiger partial charge in [-0.1, -0.05) is 18.0 Å². The van der Waals surface area contributed by atoms with Crippen LogP contribution < -0.4 is 5.32 Å². The molecule has 3 aromatic heterocycles. The number of aryl methyl sites for hydroxylation is 1. The van der Waals surface area contributed by atoms with E-state index in [2.05, 4.69) is 15.6 Å². The fourth-order valence-corrected chi connectivity index (χ4v) is 3.12. The Morgan fingerprint density at radius 3 is 2.88 bits per heavy atom. The molecule has 0 atom stereocenters. The van der Waals surface area contributed by atoms with Gasteiger partial charge in [-0.05, 0) is 25.0 Å². The molecular weight excluding hydrogens is 308 g/mol. The van der Waals surface area contributed by atoms with Crippen molar-refractivity contribution >= 4 is 11.7 Å². The van der Waals surface area contributed by atoms with Gasteiger partial charge in [-0.3, -0.25) is 9.48 Å². The normalized spacial score (nSPS) is 15.0. The van der Waals surface area contributed by atoms with Crippen molar-refractivity contribution in [3.63, 3.8) is 0 Å². The average molecular weight is 326 g/mol. The number of carbonyl (C=O) groups is 1. The molecule has 1 aliphatic rings. The second-order valence-electron chi connectivity index (χ2n) is 6.07. The number of amides is 1. The first kappa shape index (κ1) is 14.7. The molecule has 0 aliphatic heterocycles. The van der Waals surface area contributed by atoms with Gasteiger partial charge in [0.2, 0.25) is 5.76 Å². The molecule has 4 rings (SSSR count). The van der Waals surface area contributed by atoms with Gasteiger partial charge in [-0.25, -0.2) is 0 Å². The fourth-order valence-electron chi connectivity index (χ4n) is 3.12. The van der Waals surface area contributed by atoms with Gasteiger partial charge in [-0.2, -0.15) is 5.10 Å². The predicted molar refractivity (Wildman–Crippen MR) is 86.6 cm³/mol. The number of furan rings is 1. The van der Waals surface area contributed by atoms with Crippen LogP contribution in [0.25, 0.3) is 11.5 Å². The van der Waals surface area contributed by atoms with E-state index >= 15 is 0 Å². The molecule has 1 aliphatic carbocycles. The SMILES string of the molecule is Cn1nc(C2CCCC2)cc1NC(=O)c1cc(-c2ccco2)on1. The van der Waals surface area contributed by atoms with E-state index in [1.807, 2.05) is 13.1 Å². The standard InChI is InChI=1S/C17H18N4O3/c1-21-16(10-12(19-21)11-5-2-3-6-11)18-17(22)13-9-15(24-20-13)14-7-4-8-23-14/h4,7-11H,2-3,5-6H2,1H3,(H,18,22). The summed E-state index contributed by atoms with van der Waals surface area (Å²) in [6.45, 7) is 0. The molecule has 1 N–H and O–H groups in total. The van der Waals surface area contributed by atoms with Gasteiger partial charge in [0.1, 0.15) is 5.82 Å². The van der Waals surface area contributed by atoms with E-state index in [9.17, 15) is 4.79 Å². The average Bonchev–Trinajstić information content (AvgIpc) is 3.36. The van der Waals surface area contributed by atoms with Crippen LogP contribution in [-0.4, -0.2) is 20.8 Å². The lowest BCUT2D eigenvalue weighted by atomic mass is 10.0. The number of hydrogen-bond donors (Lipinski definition) is 1. The molecule has 1 saturated carbocycles. The molecular formula is C17H18N4O3. The molecule has 1 fully saturated rings. The minimum Gasteiger partial charge on any atom is -0.461 e. The zero-order valence-corrected chi connectivity index (χ0v) is 13.4. The van der Waals surface area contributed by atoms with Crippen LogP contribution in [0.15, 0.2) is 39.5 Å². The molecule has 0 unspecified atom stereocenters. The van der Waals surface area contributed by atoms with E-state index in [1.165, 1.54) is 31.9 Å². The zero-order chi connectivity index (χ0) is 16.5. The molecule has 0 spiro atoms. The summed E-state index contributed by atoms with van der Waals surface area (Å²) in [5.74, 6) is 1.77. The second kappa shape index (κ2) is 5.99. The molecule has 3 heterocycles. The van der Waals surface area contributed by atoms with Gasteiger partial charge in [0.05, 0.1) is 12.0 Å². The lowest BCUT2D eigenvalue weighted by Gasteiger charge is -2.02. The Labute approximate surface area is 138 Å². The quantitative estimate of drug-likeness (QED) is 0.792. The monoisotopic (exact) mass is 326 g/mol. The van der Waals surface area contributed by atoms with Gasteiger partial charge in [0.25, 0.3) is 5.91 Å². The number of carbonyl (C=O) groups excluding carboxylic acids is 1. The number of nitrogens with one attached hydrogen (secondary N) is 1. The van der Waals surface area contributed by atoms with Crippen LogP contribution in [0, 0.1) is 0 Å². The lowest BCUT2D eigenvalue weighted by Crippen LogP contribution is -2.14. The van der Waals surface area contributed by atoms with Gasteiger partial charge in [0, 0.05) is 25.1 Å². The number of nitrogens with zero attached hydrogens (tertiary/aromatic N) is 3. The van der Waals surface area contributed by atoms with Crippen LogP contribution in [0.1, 0.15) is 47.8 Å². The van der Waals surface area contributed by atoms with Crippen LogP contribution in [0.4, 0.5) is 5.82 Å². The third kappa shape index (κ3) is 2.73. The van der Waals surface area contributed by atoms with Crippen molar-refractivity contribution in [1.82, 2.24) is 14.9 Å². The Balaban J connectivity index is 1.50. The van der Waals surface area contributed by atoms with Crippen molar-refractivity contribution < 1.29 is 13.7 Å². The Morgan fingerprint density at radius 2 is 2.12 bits per heavy atom. The van der Waals surface area contributed by atoms with Crippen LogP contribution in [0.2, 0.25) is 0 Å². The van der Waals surface area contributed by atoms with Crippen molar-refractivity contribution in [3.8, 4) is 11.5 Å². The van der Waals surface area contributed by atoms with Crippen molar-refractivity contribution in [2.24, 2.45) is 7.05 Å². The molecule has 7 nitrogen and oxygen atoms in total. The Bertz CT molecular complexity index is 841. The minimum atomic E-state index is -0.336. The van der Waals surface area contributed by atoms with Gasteiger partial charge in [-0.15, -0.1) is 0 Å². The Morgan fingerprint density at radius 1 is 1.29 bits per heavy atom. The highest BCUT2D eigenvalue weighted by Gasteiger charge is 2.22.